The van der Waals surface area contributed by atoms with Crippen LogP contribution < -0.4 is 0 Å². The summed E-state index contributed by atoms with van der Waals surface area (Å²) in [5.74, 6) is 0.743. The molecule has 0 unspecified atom stereocenters. The predicted octanol–water partition coefficient (Wildman–Crippen LogP) is 1.73. The minimum Gasteiger partial charge on any atom is -0.508 e. The fourth-order valence-electron chi connectivity index (χ4n) is 1.85. The number of aromatic hydroxyl groups is 1. The van der Waals surface area contributed by atoms with Gasteiger partial charge in [0, 0.05) is 0 Å². The molecular formula is C13H11N3O3. The van der Waals surface area contributed by atoms with E-state index in [-0.39, 0.29) is 12.4 Å². The molecule has 0 aliphatic rings. The van der Waals surface area contributed by atoms with Gasteiger partial charge in [-0.25, -0.2) is 4.68 Å². The number of hydrogen-bond donors (Lipinski definition) is 2. The number of phenolic OH excluding ortho intramolecular Hbond substituents is 1. The van der Waals surface area contributed by atoms with Crippen molar-refractivity contribution < 1.29 is 14.6 Å². The van der Waals surface area contributed by atoms with Gasteiger partial charge < -0.3 is 14.6 Å². The van der Waals surface area contributed by atoms with Crippen molar-refractivity contribution in [3.8, 4) is 22.9 Å². The third-order valence-corrected chi connectivity index (χ3v) is 2.74. The summed E-state index contributed by atoms with van der Waals surface area (Å²) in [5, 5.41) is 26.6. The number of rotatable bonds is 3. The summed E-state index contributed by atoms with van der Waals surface area (Å²) in [6, 6.07) is 10.1. The Morgan fingerprint density at radius 2 is 1.95 bits per heavy atom. The molecule has 3 aromatic rings. The number of aromatic nitrogens is 3. The van der Waals surface area contributed by atoms with Gasteiger partial charge in [0.2, 0.25) is 0 Å². The molecule has 0 spiro atoms. The number of hydrogen-bond acceptors (Lipinski definition) is 5. The summed E-state index contributed by atoms with van der Waals surface area (Å²) in [4.78, 5) is 0. The third kappa shape index (κ3) is 1.98. The van der Waals surface area contributed by atoms with E-state index in [4.69, 9.17) is 4.42 Å². The lowest BCUT2D eigenvalue weighted by atomic mass is 10.2. The highest BCUT2D eigenvalue weighted by Crippen LogP contribution is 2.26. The van der Waals surface area contributed by atoms with Crippen LogP contribution in [0.5, 0.6) is 5.75 Å². The molecule has 0 radical (unpaired) electrons. The molecule has 0 atom stereocenters. The van der Waals surface area contributed by atoms with Crippen LogP contribution in [0.25, 0.3) is 17.1 Å². The zero-order chi connectivity index (χ0) is 13.2. The Kier molecular flexibility index (Phi) is 2.77. The number of phenols is 1. The quantitative estimate of drug-likeness (QED) is 0.746. The first-order valence-corrected chi connectivity index (χ1v) is 5.68. The SMILES string of the molecule is OCc1nnn(-c2ccc(O)cc2)c1-c1ccco1. The summed E-state index contributed by atoms with van der Waals surface area (Å²) in [5.41, 5.74) is 1.75. The van der Waals surface area contributed by atoms with E-state index in [0.717, 1.165) is 5.69 Å². The standard InChI is InChI=1S/C13H11N3O3/c17-8-11-13(12-2-1-7-19-12)16(15-14-11)9-3-5-10(18)6-4-9/h1-7,17-18H,8H2. The normalized spacial score (nSPS) is 10.8. The van der Waals surface area contributed by atoms with E-state index in [1.54, 1.807) is 47.3 Å². The molecule has 2 N–H and O–H groups in total. The zero-order valence-electron chi connectivity index (χ0n) is 9.89. The highest BCUT2D eigenvalue weighted by atomic mass is 16.3. The summed E-state index contributed by atoms with van der Waals surface area (Å²) >= 11 is 0. The molecule has 0 aliphatic heterocycles. The van der Waals surface area contributed by atoms with Crippen LogP contribution in [0, 0.1) is 0 Å². The molecule has 0 aliphatic carbocycles. The summed E-state index contributed by atoms with van der Waals surface area (Å²) < 4.78 is 6.90. The van der Waals surface area contributed by atoms with Crippen LogP contribution in [-0.4, -0.2) is 25.2 Å². The van der Waals surface area contributed by atoms with Crippen molar-refractivity contribution in [3.05, 3.63) is 48.4 Å². The van der Waals surface area contributed by atoms with E-state index >= 15 is 0 Å². The average Bonchev–Trinajstić information content (AvgIpc) is 3.07. The van der Waals surface area contributed by atoms with Crippen molar-refractivity contribution in [3.63, 3.8) is 0 Å². The Bertz CT molecular complexity index is 672. The third-order valence-electron chi connectivity index (χ3n) is 2.74. The van der Waals surface area contributed by atoms with Crippen LogP contribution in [0.15, 0.2) is 47.1 Å². The van der Waals surface area contributed by atoms with Gasteiger partial charge in [-0.05, 0) is 36.4 Å². The van der Waals surface area contributed by atoms with Crippen LogP contribution >= 0.6 is 0 Å². The molecule has 0 amide bonds. The van der Waals surface area contributed by atoms with Gasteiger partial charge in [0.05, 0.1) is 18.6 Å². The first kappa shape index (κ1) is 11.5. The van der Waals surface area contributed by atoms with Gasteiger partial charge in [0.25, 0.3) is 0 Å². The average molecular weight is 257 g/mol. The van der Waals surface area contributed by atoms with Crippen LogP contribution in [0.2, 0.25) is 0 Å². The smallest absolute Gasteiger partial charge is 0.154 e. The molecule has 6 heteroatoms. The second-order valence-corrected chi connectivity index (χ2v) is 3.95. The van der Waals surface area contributed by atoms with E-state index in [2.05, 4.69) is 10.3 Å². The first-order valence-electron chi connectivity index (χ1n) is 5.68. The van der Waals surface area contributed by atoms with Crippen molar-refractivity contribution >= 4 is 0 Å². The van der Waals surface area contributed by atoms with Crippen molar-refractivity contribution in [2.75, 3.05) is 0 Å². The zero-order valence-corrected chi connectivity index (χ0v) is 9.89. The maximum atomic E-state index is 9.32. The second kappa shape index (κ2) is 4.58. The van der Waals surface area contributed by atoms with Crippen LogP contribution in [0.3, 0.4) is 0 Å². The van der Waals surface area contributed by atoms with Crippen LogP contribution in [0.1, 0.15) is 5.69 Å². The fraction of sp³-hybridized carbons (Fsp3) is 0.0769. The Balaban J connectivity index is 2.17. The van der Waals surface area contributed by atoms with Gasteiger partial charge in [-0.2, -0.15) is 0 Å². The maximum absolute atomic E-state index is 9.32. The molecule has 0 saturated heterocycles. The van der Waals surface area contributed by atoms with E-state index < -0.39 is 0 Å². The summed E-state index contributed by atoms with van der Waals surface area (Å²) in [7, 11) is 0. The molecule has 19 heavy (non-hydrogen) atoms. The number of aliphatic hydroxyl groups is 1. The Hall–Kier alpha value is -2.60. The Morgan fingerprint density at radius 1 is 1.16 bits per heavy atom. The summed E-state index contributed by atoms with van der Waals surface area (Å²) in [6.45, 7) is -0.228. The lowest BCUT2D eigenvalue weighted by Crippen LogP contribution is -1.99. The monoisotopic (exact) mass is 257 g/mol. The molecule has 0 saturated carbocycles. The number of aliphatic hydroxyl groups excluding tert-OH is 1. The van der Waals surface area contributed by atoms with Gasteiger partial charge in [-0.1, -0.05) is 5.21 Å². The number of furan rings is 1. The van der Waals surface area contributed by atoms with E-state index in [0.29, 0.717) is 17.1 Å². The van der Waals surface area contributed by atoms with Gasteiger partial charge in [0.1, 0.15) is 17.1 Å². The van der Waals surface area contributed by atoms with Crippen LogP contribution in [-0.2, 0) is 6.61 Å². The van der Waals surface area contributed by atoms with Gasteiger partial charge in [-0.15, -0.1) is 5.10 Å². The van der Waals surface area contributed by atoms with Gasteiger partial charge in [0.15, 0.2) is 5.76 Å². The van der Waals surface area contributed by atoms with E-state index in [1.165, 1.54) is 0 Å². The minimum atomic E-state index is -0.228. The van der Waals surface area contributed by atoms with Crippen molar-refractivity contribution in [1.82, 2.24) is 15.0 Å². The molecule has 0 bridgehead atoms. The van der Waals surface area contributed by atoms with E-state index in [9.17, 15) is 10.2 Å². The highest BCUT2D eigenvalue weighted by molar-refractivity contribution is 5.58. The molecule has 2 aromatic heterocycles. The predicted molar refractivity (Wildman–Crippen MR) is 66.6 cm³/mol. The topological polar surface area (TPSA) is 84.3 Å². The molecule has 96 valence electrons. The largest absolute Gasteiger partial charge is 0.508 e. The Morgan fingerprint density at radius 3 is 2.58 bits per heavy atom. The molecular weight excluding hydrogens is 246 g/mol. The molecule has 6 nitrogen and oxygen atoms in total. The van der Waals surface area contributed by atoms with Crippen molar-refractivity contribution in [1.29, 1.82) is 0 Å². The minimum absolute atomic E-state index is 0.172. The van der Waals surface area contributed by atoms with Crippen LogP contribution in [0.4, 0.5) is 0 Å². The lowest BCUT2D eigenvalue weighted by Gasteiger charge is -2.05. The van der Waals surface area contributed by atoms with Crippen molar-refractivity contribution in [2.45, 2.75) is 6.61 Å². The first-order chi connectivity index (χ1) is 9.29. The van der Waals surface area contributed by atoms with Gasteiger partial charge >= 0.3 is 0 Å². The maximum Gasteiger partial charge on any atom is 0.154 e. The fourth-order valence-corrected chi connectivity index (χ4v) is 1.85. The van der Waals surface area contributed by atoms with E-state index in [1.807, 2.05) is 0 Å². The Labute approximate surface area is 108 Å². The lowest BCUT2D eigenvalue weighted by molar-refractivity contribution is 0.277. The molecule has 3 rings (SSSR count). The highest BCUT2D eigenvalue weighted by Gasteiger charge is 2.17. The molecule has 2 heterocycles. The molecule has 1 aromatic carbocycles. The second-order valence-electron chi connectivity index (χ2n) is 3.95. The molecule has 0 fully saturated rings. The summed E-state index contributed by atoms with van der Waals surface area (Å²) in [6.07, 6.45) is 1.55. The number of benzene rings is 1. The number of nitrogens with zero attached hydrogens (tertiary/aromatic N) is 3. The van der Waals surface area contributed by atoms with Crippen molar-refractivity contribution in [2.24, 2.45) is 0 Å². The van der Waals surface area contributed by atoms with Gasteiger partial charge in [-0.3, -0.25) is 0 Å².